The minimum Gasteiger partial charge on any atom is -0.0798 e. The summed E-state index contributed by atoms with van der Waals surface area (Å²) in [4.78, 5) is 0. The third-order valence-electron chi connectivity index (χ3n) is 1.000. The van der Waals surface area contributed by atoms with Crippen LogP contribution in [-0.2, 0) is 0 Å². The summed E-state index contributed by atoms with van der Waals surface area (Å²) < 4.78 is 0. The lowest BCUT2D eigenvalue weighted by Crippen LogP contribution is -2.05. The van der Waals surface area contributed by atoms with Crippen molar-refractivity contribution >= 4 is 7.28 Å². The SMILES string of the molecule is CCBC(C)(C)C. The van der Waals surface area contributed by atoms with E-state index < -0.39 is 0 Å². The van der Waals surface area contributed by atoms with Gasteiger partial charge in [0.15, 0.2) is 0 Å². The zero-order valence-electron chi connectivity index (χ0n) is 5.91. The summed E-state index contributed by atoms with van der Waals surface area (Å²) in [5.74, 6) is 0. The summed E-state index contributed by atoms with van der Waals surface area (Å²) >= 11 is 0. The van der Waals surface area contributed by atoms with Crippen molar-refractivity contribution in [1.82, 2.24) is 0 Å². The number of rotatable bonds is 1. The second-order valence-corrected chi connectivity index (χ2v) is 3.31. The zero-order chi connectivity index (χ0) is 5.91. The molecule has 0 spiro atoms. The Labute approximate surface area is 47.6 Å². The molecular formula is C6H15B. The van der Waals surface area contributed by atoms with Gasteiger partial charge in [0.2, 0.25) is 0 Å². The Kier molecular flexibility index (Phi) is 2.41. The highest BCUT2D eigenvalue weighted by Gasteiger charge is 2.08. The molecule has 0 aliphatic carbocycles. The highest BCUT2D eigenvalue weighted by molar-refractivity contribution is 6.39. The Morgan fingerprint density at radius 1 is 1.29 bits per heavy atom. The highest BCUT2D eigenvalue weighted by Crippen LogP contribution is 2.20. The molecule has 1 heteroatoms. The molecule has 0 saturated carbocycles. The molecule has 0 unspecified atom stereocenters. The van der Waals surface area contributed by atoms with E-state index in [1.54, 1.807) is 0 Å². The Morgan fingerprint density at radius 3 is 1.71 bits per heavy atom. The molecule has 0 aromatic carbocycles. The van der Waals surface area contributed by atoms with Crippen LogP contribution in [0.3, 0.4) is 0 Å². The summed E-state index contributed by atoms with van der Waals surface area (Å²) in [6, 6.07) is 0. The Bertz CT molecular complexity index is 42.6. The molecular weight excluding hydrogens is 82.9 g/mol. The monoisotopic (exact) mass is 98.1 g/mol. The van der Waals surface area contributed by atoms with Gasteiger partial charge >= 0.3 is 0 Å². The van der Waals surface area contributed by atoms with Crippen LogP contribution in [0, 0.1) is 0 Å². The van der Waals surface area contributed by atoms with Gasteiger partial charge in [-0.2, -0.15) is 0 Å². The van der Waals surface area contributed by atoms with Crippen molar-refractivity contribution < 1.29 is 0 Å². The first-order chi connectivity index (χ1) is 3.06. The average Bonchev–Trinajstić information content (AvgIpc) is 1.30. The lowest BCUT2D eigenvalue weighted by atomic mass is 9.54. The molecule has 0 aromatic heterocycles. The fourth-order valence-corrected chi connectivity index (χ4v) is 0.750. The predicted octanol–water partition coefficient (Wildman–Crippen LogP) is 2.08. The molecule has 0 rings (SSSR count). The molecule has 0 N–H and O–H groups in total. The van der Waals surface area contributed by atoms with Crippen LogP contribution in [0.15, 0.2) is 0 Å². The van der Waals surface area contributed by atoms with E-state index in [1.807, 2.05) is 0 Å². The minimum atomic E-state index is 0.550. The van der Waals surface area contributed by atoms with Gasteiger partial charge in [-0.25, -0.2) is 0 Å². The van der Waals surface area contributed by atoms with Gasteiger partial charge in [-0.3, -0.25) is 0 Å². The number of hydrogen-bond donors (Lipinski definition) is 0. The summed E-state index contributed by atoms with van der Waals surface area (Å²) in [5.41, 5.74) is 0. The molecule has 0 aliphatic rings. The average molecular weight is 98.0 g/mol. The smallest absolute Gasteiger partial charge is 0.0798 e. The van der Waals surface area contributed by atoms with E-state index in [0.717, 1.165) is 0 Å². The molecule has 0 atom stereocenters. The third kappa shape index (κ3) is 6.06. The summed E-state index contributed by atoms with van der Waals surface area (Å²) in [6.45, 7) is 9.05. The lowest BCUT2D eigenvalue weighted by molar-refractivity contribution is 0.750. The maximum absolute atomic E-state index is 2.27. The third-order valence-corrected chi connectivity index (χ3v) is 1.000. The maximum Gasteiger partial charge on any atom is 0.126 e. The van der Waals surface area contributed by atoms with Gasteiger partial charge < -0.3 is 0 Å². The van der Waals surface area contributed by atoms with E-state index >= 15 is 0 Å². The van der Waals surface area contributed by atoms with Gasteiger partial charge in [0, 0.05) is 0 Å². The molecule has 0 aliphatic heterocycles. The van der Waals surface area contributed by atoms with Crippen LogP contribution >= 0.6 is 0 Å². The summed E-state index contributed by atoms with van der Waals surface area (Å²) in [7, 11) is 1.34. The first kappa shape index (κ1) is 7.06. The zero-order valence-corrected chi connectivity index (χ0v) is 5.91. The van der Waals surface area contributed by atoms with Crippen LogP contribution in [0.5, 0.6) is 0 Å². The van der Waals surface area contributed by atoms with Crippen LogP contribution < -0.4 is 0 Å². The first-order valence-electron chi connectivity index (χ1n) is 3.06. The number of hydrogen-bond acceptors (Lipinski definition) is 0. The van der Waals surface area contributed by atoms with E-state index in [4.69, 9.17) is 0 Å². The van der Waals surface area contributed by atoms with Crippen LogP contribution in [-0.4, -0.2) is 7.28 Å². The molecule has 42 valence electrons. The van der Waals surface area contributed by atoms with Crippen molar-refractivity contribution in [3.63, 3.8) is 0 Å². The van der Waals surface area contributed by atoms with Gasteiger partial charge in [0.25, 0.3) is 0 Å². The van der Waals surface area contributed by atoms with E-state index in [9.17, 15) is 0 Å². The van der Waals surface area contributed by atoms with E-state index in [1.165, 1.54) is 13.6 Å². The van der Waals surface area contributed by atoms with Crippen LogP contribution in [0.25, 0.3) is 0 Å². The molecule has 0 aromatic rings. The van der Waals surface area contributed by atoms with Crippen LogP contribution in [0.4, 0.5) is 0 Å². The van der Waals surface area contributed by atoms with Gasteiger partial charge in [-0.1, -0.05) is 39.3 Å². The fourth-order valence-electron chi connectivity index (χ4n) is 0.750. The largest absolute Gasteiger partial charge is 0.126 e. The van der Waals surface area contributed by atoms with E-state index in [2.05, 4.69) is 27.7 Å². The molecule has 0 radical (unpaired) electrons. The molecule has 0 heterocycles. The van der Waals surface area contributed by atoms with E-state index in [-0.39, 0.29) is 0 Å². The molecule has 0 nitrogen and oxygen atoms in total. The maximum atomic E-state index is 2.27. The predicted molar refractivity (Wildman–Crippen MR) is 37.3 cm³/mol. The molecule has 7 heavy (non-hydrogen) atoms. The summed E-state index contributed by atoms with van der Waals surface area (Å²) in [5, 5.41) is 0.550. The quantitative estimate of drug-likeness (QED) is 0.440. The van der Waals surface area contributed by atoms with Gasteiger partial charge in [0.05, 0.1) is 0 Å². The molecule has 0 saturated heterocycles. The Hall–Kier alpha value is 0.0649. The fraction of sp³-hybridized carbons (Fsp3) is 1.00. The second kappa shape index (κ2) is 2.39. The Balaban J connectivity index is 3.15. The van der Waals surface area contributed by atoms with Crippen molar-refractivity contribution in [2.24, 2.45) is 0 Å². The topological polar surface area (TPSA) is 0 Å². The first-order valence-corrected chi connectivity index (χ1v) is 3.06. The van der Waals surface area contributed by atoms with Gasteiger partial charge in [-0.15, -0.1) is 0 Å². The van der Waals surface area contributed by atoms with E-state index in [0.29, 0.717) is 5.31 Å². The highest BCUT2D eigenvalue weighted by atomic mass is 14.0. The molecule has 0 fully saturated rings. The molecule has 0 amide bonds. The standard InChI is InChI=1S/C6H15B/c1-5-7-6(2,3)4/h7H,5H2,1-4H3. The van der Waals surface area contributed by atoms with Crippen LogP contribution in [0.1, 0.15) is 27.7 Å². The second-order valence-electron chi connectivity index (χ2n) is 3.31. The van der Waals surface area contributed by atoms with Crippen molar-refractivity contribution in [1.29, 1.82) is 0 Å². The normalized spacial score (nSPS) is 11.4. The van der Waals surface area contributed by atoms with Crippen molar-refractivity contribution in [2.45, 2.75) is 39.3 Å². The Morgan fingerprint density at radius 2 is 1.71 bits per heavy atom. The minimum absolute atomic E-state index is 0.550. The van der Waals surface area contributed by atoms with Gasteiger partial charge in [-0.05, 0) is 0 Å². The molecule has 0 bridgehead atoms. The van der Waals surface area contributed by atoms with Crippen molar-refractivity contribution in [3.8, 4) is 0 Å². The van der Waals surface area contributed by atoms with Crippen molar-refractivity contribution in [3.05, 3.63) is 0 Å². The van der Waals surface area contributed by atoms with Crippen LogP contribution in [0.2, 0.25) is 11.6 Å². The summed E-state index contributed by atoms with van der Waals surface area (Å²) in [6.07, 6.45) is 1.31. The van der Waals surface area contributed by atoms with Crippen molar-refractivity contribution in [2.75, 3.05) is 0 Å². The lowest BCUT2D eigenvalue weighted by Gasteiger charge is -2.13. The van der Waals surface area contributed by atoms with Gasteiger partial charge in [0.1, 0.15) is 7.28 Å².